The predicted octanol–water partition coefficient (Wildman–Crippen LogP) is 3.60. The summed E-state index contributed by atoms with van der Waals surface area (Å²) in [7, 11) is 0. The van der Waals surface area contributed by atoms with E-state index >= 15 is 0 Å². The van der Waals surface area contributed by atoms with Crippen molar-refractivity contribution in [2.24, 2.45) is 0 Å². The fourth-order valence-corrected chi connectivity index (χ4v) is 3.96. The van der Waals surface area contributed by atoms with Crippen molar-refractivity contribution in [3.63, 3.8) is 0 Å². The monoisotopic (exact) mass is 409 g/mol. The second-order valence-electron chi connectivity index (χ2n) is 8.41. The number of aromatic nitrogens is 1. The van der Waals surface area contributed by atoms with Gasteiger partial charge in [0.25, 0.3) is 0 Å². The molecule has 3 N–H and O–H groups in total. The second-order valence-corrected chi connectivity index (χ2v) is 8.41. The Morgan fingerprint density at radius 2 is 1.90 bits per heavy atom. The van der Waals surface area contributed by atoms with Gasteiger partial charge in [0, 0.05) is 30.5 Å². The van der Waals surface area contributed by atoms with Crippen LogP contribution in [0, 0.1) is 0 Å². The van der Waals surface area contributed by atoms with E-state index in [-0.39, 0.29) is 12.3 Å². The lowest BCUT2D eigenvalue weighted by molar-refractivity contribution is -0.121. The highest BCUT2D eigenvalue weighted by molar-refractivity contribution is 5.93. The minimum atomic E-state index is -1.02. The van der Waals surface area contributed by atoms with Crippen molar-refractivity contribution >= 4 is 28.4 Å². The molecule has 158 valence electrons. The number of carbonyl (C=O) groups excluding carboxylic acids is 1. The van der Waals surface area contributed by atoms with Crippen molar-refractivity contribution in [3.05, 3.63) is 58.6 Å². The number of piperidine rings is 1. The molecule has 0 bridgehead atoms. The number of aliphatic hydroxyl groups is 1. The molecule has 0 saturated carbocycles. The molecular weight excluding hydrogens is 382 g/mol. The number of fused-ring (bicyclic) bond motifs is 1. The first-order valence-electron chi connectivity index (χ1n) is 10.3. The van der Waals surface area contributed by atoms with Gasteiger partial charge >= 0.3 is 5.76 Å². The highest BCUT2D eigenvalue weighted by Gasteiger charge is 2.34. The van der Waals surface area contributed by atoms with E-state index in [0.717, 1.165) is 5.69 Å². The Bertz CT molecular complexity index is 1090. The van der Waals surface area contributed by atoms with E-state index in [1.165, 1.54) is 5.56 Å². The molecule has 2 heterocycles. The Kier molecular flexibility index (Phi) is 5.39. The van der Waals surface area contributed by atoms with Gasteiger partial charge in [-0.2, -0.15) is 0 Å². The molecule has 30 heavy (non-hydrogen) atoms. The van der Waals surface area contributed by atoms with E-state index in [9.17, 15) is 14.7 Å². The Morgan fingerprint density at radius 1 is 1.20 bits per heavy atom. The van der Waals surface area contributed by atoms with Crippen LogP contribution in [0.4, 0.5) is 11.4 Å². The van der Waals surface area contributed by atoms with Gasteiger partial charge in [-0.15, -0.1) is 0 Å². The number of nitrogens with one attached hydrogen (secondary N) is 2. The first kappa shape index (κ1) is 20.2. The van der Waals surface area contributed by atoms with Gasteiger partial charge in [0.05, 0.1) is 17.5 Å². The number of rotatable bonds is 5. The third-order valence-electron chi connectivity index (χ3n) is 5.81. The van der Waals surface area contributed by atoms with Crippen LogP contribution in [-0.4, -0.2) is 34.7 Å². The Labute approximate surface area is 174 Å². The van der Waals surface area contributed by atoms with Gasteiger partial charge < -0.3 is 19.7 Å². The summed E-state index contributed by atoms with van der Waals surface area (Å²) in [4.78, 5) is 28.6. The molecule has 0 aliphatic carbocycles. The van der Waals surface area contributed by atoms with Gasteiger partial charge in [-0.1, -0.05) is 26.0 Å². The normalized spacial score (nSPS) is 16.2. The maximum Gasteiger partial charge on any atom is 0.417 e. The first-order chi connectivity index (χ1) is 14.3. The zero-order chi connectivity index (χ0) is 21.3. The third-order valence-corrected chi connectivity index (χ3v) is 5.81. The van der Waals surface area contributed by atoms with Crippen molar-refractivity contribution in [2.75, 3.05) is 23.3 Å². The summed E-state index contributed by atoms with van der Waals surface area (Å²) < 4.78 is 5.02. The molecule has 3 aromatic rings. The molecule has 1 aliphatic heterocycles. The van der Waals surface area contributed by atoms with Crippen molar-refractivity contribution in [2.45, 2.75) is 44.6 Å². The van der Waals surface area contributed by atoms with Gasteiger partial charge in [-0.05, 0) is 48.6 Å². The number of benzene rings is 2. The smallest absolute Gasteiger partial charge is 0.408 e. The second kappa shape index (κ2) is 7.99. The predicted molar refractivity (Wildman–Crippen MR) is 117 cm³/mol. The van der Waals surface area contributed by atoms with Gasteiger partial charge in [-0.25, -0.2) is 4.79 Å². The van der Waals surface area contributed by atoms with Crippen LogP contribution in [0.25, 0.3) is 11.1 Å². The number of hydrogen-bond donors (Lipinski definition) is 3. The molecule has 0 atom stereocenters. The highest BCUT2D eigenvalue weighted by Crippen LogP contribution is 2.30. The van der Waals surface area contributed by atoms with Gasteiger partial charge in [0.15, 0.2) is 5.58 Å². The van der Waals surface area contributed by atoms with E-state index in [2.05, 4.69) is 53.3 Å². The van der Waals surface area contributed by atoms with Crippen LogP contribution in [0.1, 0.15) is 44.6 Å². The summed E-state index contributed by atoms with van der Waals surface area (Å²) in [6.07, 6.45) is 1.08. The molecule has 0 radical (unpaired) electrons. The van der Waals surface area contributed by atoms with Crippen LogP contribution < -0.4 is 16.0 Å². The summed E-state index contributed by atoms with van der Waals surface area (Å²) in [5, 5.41) is 13.7. The Balaban J connectivity index is 1.34. The van der Waals surface area contributed by atoms with E-state index in [1.54, 1.807) is 18.2 Å². The lowest BCUT2D eigenvalue weighted by atomic mass is 9.87. The molecule has 1 aromatic heterocycles. The Morgan fingerprint density at radius 3 is 2.57 bits per heavy atom. The Hall–Kier alpha value is -3.06. The zero-order valence-corrected chi connectivity index (χ0v) is 17.3. The number of anilines is 2. The molecule has 0 spiro atoms. The average Bonchev–Trinajstić information content (AvgIpc) is 3.07. The number of hydrogen-bond acceptors (Lipinski definition) is 5. The minimum Gasteiger partial charge on any atom is -0.408 e. The molecule has 0 unspecified atom stereocenters. The summed E-state index contributed by atoms with van der Waals surface area (Å²) >= 11 is 0. The fourth-order valence-electron chi connectivity index (χ4n) is 3.96. The van der Waals surface area contributed by atoms with E-state index in [1.807, 2.05) is 0 Å². The zero-order valence-electron chi connectivity index (χ0n) is 17.3. The number of oxazole rings is 1. The summed E-state index contributed by atoms with van der Waals surface area (Å²) in [6, 6.07) is 13.5. The van der Waals surface area contributed by atoms with Crippen LogP contribution in [0.2, 0.25) is 0 Å². The van der Waals surface area contributed by atoms with Crippen molar-refractivity contribution in [1.29, 1.82) is 0 Å². The molecular formula is C23H27N3O4. The standard InChI is InChI=1S/C23H27N3O4/c1-15(2)16-3-6-18(7-4-16)26-11-9-23(29,10-12-26)14-21(27)24-17-5-8-19-20(13-17)30-22(28)25-19/h3-8,13,15,29H,9-12,14H2,1-2H3,(H,24,27)(H,25,28). The van der Waals surface area contributed by atoms with E-state index < -0.39 is 11.4 Å². The quantitative estimate of drug-likeness (QED) is 0.598. The summed E-state index contributed by atoms with van der Waals surface area (Å²) in [6.45, 7) is 5.75. The molecule has 1 amide bonds. The minimum absolute atomic E-state index is 0.0300. The lowest BCUT2D eigenvalue weighted by Crippen LogP contribution is -2.46. The molecule has 7 heteroatoms. The van der Waals surface area contributed by atoms with Crippen LogP contribution in [-0.2, 0) is 4.79 Å². The fraction of sp³-hybridized carbons (Fsp3) is 0.391. The maximum atomic E-state index is 12.5. The van der Waals surface area contributed by atoms with Crippen molar-refractivity contribution in [3.8, 4) is 0 Å². The van der Waals surface area contributed by atoms with E-state index in [0.29, 0.717) is 48.6 Å². The van der Waals surface area contributed by atoms with Crippen LogP contribution in [0.3, 0.4) is 0 Å². The number of carbonyl (C=O) groups is 1. The SMILES string of the molecule is CC(C)c1ccc(N2CCC(O)(CC(=O)Nc3ccc4[nH]c(=O)oc4c3)CC2)cc1. The molecule has 1 fully saturated rings. The number of H-pyrrole nitrogens is 1. The van der Waals surface area contributed by atoms with Gasteiger partial charge in [-0.3, -0.25) is 9.78 Å². The topological polar surface area (TPSA) is 98.6 Å². The van der Waals surface area contributed by atoms with Crippen LogP contribution in [0.5, 0.6) is 0 Å². The van der Waals surface area contributed by atoms with Crippen LogP contribution in [0.15, 0.2) is 51.7 Å². The molecule has 1 aliphatic rings. The number of nitrogens with zero attached hydrogens (tertiary/aromatic N) is 1. The van der Waals surface area contributed by atoms with E-state index in [4.69, 9.17) is 4.42 Å². The van der Waals surface area contributed by atoms with Gasteiger partial charge in [0.2, 0.25) is 5.91 Å². The third kappa shape index (κ3) is 4.41. The molecule has 4 rings (SSSR count). The highest BCUT2D eigenvalue weighted by atomic mass is 16.4. The largest absolute Gasteiger partial charge is 0.417 e. The van der Waals surface area contributed by atoms with Crippen LogP contribution >= 0.6 is 0 Å². The maximum absolute atomic E-state index is 12.5. The molecule has 7 nitrogen and oxygen atoms in total. The first-order valence-corrected chi connectivity index (χ1v) is 10.3. The average molecular weight is 409 g/mol. The van der Waals surface area contributed by atoms with Crippen molar-refractivity contribution < 1.29 is 14.3 Å². The number of aromatic amines is 1. The van der Waals surface area contributed by atoms with Crippen molar-refractivity contribution in [1.82, 2.24) is 4.98 Å². The van der Waals surface area contributed by atoms with Gasteiger partial charge in [0.1, 0.15) is 0 Å². The number of amides is 1. The molecule has 2 aromatic carbocycles. The summed E-state index contributed by atoms with van der Waals surface area (Å²) in [5.74, 6) is -0.296. The molecule has 1 saturated heterocycles. The lowest BCUT2D eigenvalue weighted by Gasteiger charge is -2.39. The summed E-state index contributed by atoms with van der Waals surface area (Å²) in [5.41, 5.74) is 2.91.